The molecule has 1 aliphatic heterocycles. The zero-order chi connectivity index (χ0) is 9.31. The lowest BCUT2D eigenvalue weighted by Crippen LogP contribution is -2.61. The van der Waals surface area contributed by atoms with Gasteiger partial charge in [-0.05, 0) is 6.07 Å². The lowest BCUT2D eigenvalue weighted by Gasteiger charge is -2.40. The van der Waals surface area contributed by atoms with Gasteiger partial charge in [-0.15, -0.1) is 0 Å². The summed E-state index contributed by atoms with van der Waals surface area (Å²) in [5.41, 5.74) is 1.10. The molecule has 0 unspecified atom stereocenters. The summed E-state index contributed by atoms with van der Waals surface area (Å²) < 4.78 is 7.30. The van der Waals surface area contributed by atoms with Crippen LogP contribution in [0.1, 0.15) is 5.69 Å². The van der Waals surface area contributed by atoms with Gasteiger partial charge in [-0.25, -0.2) is 0 Å². The molecule has 2 rings (SSSR count). The molecule has 1 aliphatic rings. The van der Waals surface area contributed by atoms with Crippen molar-refractivity contribution in [3.05, 3.63) is 18.0 Å². The first-order valence-corrected chi connectivity index (χ1v) is 4.48. The zero-order valence-electron chi connectivity index (χ0n) is 8.08. The fourth-order valence-corrected chi connectivity index (χ4v) is 1.63. The van der Waals surface area contributed by atoms with Crippen LogP contribution in [0, 0.1) is 0 Å². The van der Waals surface area contributed by atoms with Gasteiger partial charge in [-0.2, -0.15) is 5.10 Å². The molecule has 0 bridgehead atoms. The number of aromatic nitrogens is 2. The normalized spacial score (nSPS) is 19.8. The van der Waals surface area contributed by atoms with Crippen molar-refractivity contribution < 1.29 is 4.74 Å². The summed E-state index contributed by atoms with van der Waals surface area (Å²) in [5.74, 6) is 0. The highest BCUT2D eigenvalue weighted by Gasteiger charge is 2.37. The predicted octanol–water partition coefficient (Wildman–Crippen LogP) is -0.0490. The maximum atomic E-state index is 5.48. The molecule has 4 heteroatoms. The van der Waals surface area contributed by atoms with E-state index < -0.39 is 0 Å². The quantitative estimate of drug-likeness (QED) is 0.710. The van der Waals surface area contributed by atoms with Crippen LogP contribution in [0.5, 0.6) is 0 Å². The molecule has 13 heavy (non-hydrogen) atoms. The minimum atomic E-state index is -0.00560. The molecule has 0 aliphatic carbocycles. The number of hydrogen-bond acceptors (Lipinski definition) is 3. The Labute approximate surface area is 77.9 Å². The number of aryl methyl sites for hydroxylation is 1. The molecule has 0 amide bonds. The molecule has 4 nitrogen and oxygen atoms in total. The zero-order valence-corrected chi connectivity index (χ0v) is 8.08. The lowest BCUT2D eigenvalue weighted by molar-refractivity contribution is -0.0509. The molecule has 0 spiro atoms. The smallest absolute Gasteiger partial charge is 0.0981 e. The Morgan fingerprint density at radius 3 is 2.85 bits per heavy atom. The fraction of sp³-hybridized carbons (Fsp3) is 0.667. The third-order valence-electron chi connectivity index (χ3n) is 2.60. The predicted molar refractivity (Wildman–Crippen MR) is 49.5 cm³/mol. The van der Waals surface area contributed by atoms with Crippen molar-refractivity contribution in [2.45, 2.75) is 12.0 Å². The number of rotatable bonds is 3. The summed E-state index contributed by atoms with van der Waals surface area (Å²) in [6.45, 7) is 1.86. The standard InChI is InChI=1S/C9H15N3O/c1-12-4-3-8(11-12)5-9(13-2)6-10-7-9/h3-4,10H,5-7H2,1-2H3. The molecule has 0 radical (unpaired) electrons. The van der Waals surface area contributed by atoms with Gasteiger partial charge in [0.25, 0.3) is 0 Å². The number of ether oxygens (including phenoxy) is 1. The monoisotopic (exact) mass is 181 g/mol. The first-order valence-electron chi connectivity index (χ1n) is 4.48. The van der Waals surface area contributed by atoms with Crippen molar-refractivity contribution in [2.24, 2.45) is 7.05 Å². The maximum Gasteiger partial charge on any atom is 0.0981 e. The summed E-state index contributed by atoms with van der Waals surface area (Å²) >= 11 is 0. The second-order valence-corrected chi connectivity index (χ2v) is 3.65. The van der Waals surface area contributed by atoms with E-state index in [1.165, 1.54) is 0 Å². The second-order valence-electron chi connectivity index (χ2n) is 3.65. The molecule has 0 atom stereocenters. The van der Waals surface area contributed by atoms with E-state index in [4.69, 9.17) is 4.74 Å². The van der Waals surface area contributed by atoms with Gasteiger partial charge in [0, 0.05) is 39.9 Å². The van der Waals surface area contributed by atoms with Gasteiger partial charge in [-0.3, -0.25) is 4.68 Å². The van der Waals surface area contributed by atoms with E-state index in [0.717, 1.165) is 25.2 Å². The molecule has 0 saturated carbocycles. The summed E-state index contributed by atoms with van der Waals surface area (Å²) in [7, 11) is 3.70. The average Bonchev–Trinajstić information content (AvgIpc) is 2.44. The average molecular weight is 181 g/mol. The van der Waals surface area contributed by atoms with Gasteiger partial charge in [0.05, 0.1) is 11.3 Å². The Hall–Kier alpha value is -0.870. The Morgan fingerprint density at radius 2 is 2.46 bits per heavy atom. The van der Waals surface area contributed by atoms with Crippen molar-refractivity contribution in [2.75, 3.05) is 20.2 Å². The van der Waals surface area contributed by atoms with Crippen molar-refractivity contribution in [1.82, 2.24) is 15.1 Å². The van der Waals surface area contributed by atoms with Crippen molar-refractivity contribution in [3.63, 3.8) is 0 Å². The largest absolute Gasteiger partial charge is 0.375 e. The summed E-state index contributed by atoms with van der Waals surface area (Å²) in [6.07, 6.45) is 2.86. The SMILES string of the molecule is COC1(Cc2ccn(C)n2)CNC1. The molecule has 1 aromatic rings. The number of hydrogen-bond donors (Lipinski definition) is 1. The number of nitrogens with zero attached hydrogens (tertiary/aromatic N) is 2. The van der Waals surface area contributed by atoms with Gasteiger partial charge in [0.2, 0.25) is 0 Å². The fourth-order valence-electron chi connectivity index (χ4n) is 1.63. The Morgan fingerprint density at radius 1 is 1.69 bits per heavy atom. The van der Waals surface area contributed by atoms with Gasteiger partial charge >= 0.3 is 0 Å². The molecule has 1 N–H and O–H groups in total. The highest BCUT2D eigenvalue weighted by atomic mass is 16.5. The molecule has 72 valence electrons. The van der Waals surface area contributed by atoms with E-state index in [-0.39, 0.29) is 5.60 Å². The molecular weight excluding hydrogens is 166 g/mol. The van der Waals surface area contributed by atoms with Gasteiger partial charge < -0.3 is 10.1 Å². The maximum absolute atomic E-state index is 5.48. The van der Waals surface area contributed by atoms with Gasteiger partial charge in [-0.1, -0.05) is 0 Å². The van der Waals surface area contributed by atoms with Gasteiger partial charge in [0.15, 0.2) is 0 Å². The van der Waals surface area contributed by atoms with Gasteiger partial charge in [0.1, 0.15) is 0 Å². The summed E-state index contributed by atoms with van der Waals surface area (Å²) in [5, 5.41) is 7.55. The lowest BCUT2D eigenvalue weighted by atomic mass is 9.91. The van der Waals surface area contributed by atoms with Crippen molar-refractivity contribution >= 4 is 0 Å². The van der Waals surface area contributed by atoms with Crippen LogP contribution >= 0.6 is 0 Å². The van der Waals surface area contributed by atoms with Crippen molar-refractivity contribution in [1.29, 1.82) is 0 Å². The molecular formula is C9H15N3O. The van der Waals surface area contributed by atoms with E-state index in [2.05, 4.69) is 10.4 Å². The third-order valence-corrected chi connectivity index (χ3v) is 2.60. The van der Waals surface area contributed by atoms with Crippen LogP contribution in [0.3, 0.4) is 0 Å². The van der Waals surface area contributed by atoms with E-state index in [0.29, 0.717) is 0 Å². The third kappa shape index (κ3) is 1.59. The molecule has 0 aromatic carbocycles. The van der Waals surface area contributed by atoms with E-state index in [1.807, 2.05) is 24.0 Å². The Kier molecular flexibility index (Phi) is 2.09. The highest BCUT2D eigenvalue weighted by Crippen LogP contribution is 2.20. The van der Waals surface area contributed by atoms with Crippen LogP contribution in [-0.2, 0) is 18.2 Å². The summed E-state index contributed by atoms with van der Waals surface area (Å²) in [4.78, 5) is 0. The van der Waals surface area contributed by atoms with Crippen LogP contribution < -0.4 is 5.32 Å². The minimum Gasteiger partial charge on any atom is -0.375 e. The number of methoxy groups -OCH3 is 1. The molecule has 2 heterocycles. The van der Waals surface area contributed by atoms with Crippen LogP contribution in [0.25, 0.3) is 0 Å². The molecule has 1 saturated heterocycles. The van der Waals surface area contributed by atoms with E-state index in [1.54, 1.807) is 7.11 Å². The van der Waals surface area contributed by atoms with Crippen LogP contribution in [-0.4, -0.2) is 35.6 Å². The van der Waals surface area contributed by atoms with Crippen LogP contribution in [0.15, 0.2) is 12.3 Å². The molecule has 1 fully saturated rings. The van der Waals surface area contributed by atoms with E-state index >= 15 is 0 Å². The topological polar surface area (TPSA) is 39.1 Å². The molecule has 1 aromatic heterocycles. The first-order chi connectivity index (χ1) is 6.24. The summed E-state index contributed by atoms with van der Waals surface area (Å²) in [6, 6.07) is 2.04. The Bertz CT molecular complexity index is 285. The second kappa shape index (κ2) is 3.12. The van der Waals surface area contributed by atoms with E-state index in [9.17, 15) is 0 Å². The highest BCUT2D eigenvalue weighted by molar-refractivity contribution is 5.08. The Balaban J connectivity index is 2.04. The van der Waals surface area contributed by atoms with Crippen LogP contribution in [0.2, 0.25) is 0 Å². The number of nitrogens with one attached hydrogen (secondary N) is 1. The van der Waals surface area contributed by atoms with Crippen LogP contribution in [0.4, 0.5) is 0 Å². The van der Waals surface area contributed by atoms with Crippen molar-refractivity contribution in [3.8, 4) is 0 Å². The minimum absolute atomic E-state index is 0.00560. The first kappa shape index (κ1) is 8.72.